The van der Waals surface area contributed by atoms with Crippen LogP contribution in [0.3, 0.4) is 0 Å². The summed E-state index contributed by atoms with van der Waals surface area (Å²) in [6, 6.07) is 0. The van der Waals surface area contributed by atoms with Crippen molar-refractivity contribution in [1.29, 1.82) is 0 Å². The van der Waals surface area contributed by atoms with E-state index in [1.165, 1.54) is 32.5 Å². The second kappa shape index (κ2) is 6.87. The van der Waals surface area contributed by atoms with Gasteiger partial charge in [0.25, 0.3) is 0 Å². The van der Waals surface area contributed by atoms with Gasteiger partial charge in [-0.1, -0.05) is 13.8 Å². The van der Waals surface area contributed by atoms with E-state index in [9.17, 15) is 0 Å². The first-order valence-electron chi connectivity index (χ1n) is 7.59. The van der Waals surface area contributed by atoms with Crippen LogP contribution in [0.4, 0.5) is 0 Å². The molecule has 3 heterocycles. The average Bonchev–Trinajstić information content (AvgIpc) is 2.83. The second-order valence-electron chi connectivity index (χ2n) is 6.23. The van der Waals surface area contributed by atoms with Crippen LogP contribution in [0.25, 0.3) is 0 Å². The van der Waals surface area contributed by atoms with Gasteiger partial charge in [0, 0.05) is 25.6 Å². The molecule has 6 heteroatoms. The number of piperidine rings is 1. The molecule has 1 fully saturated rings. The van der Waals surface area contributed by atoms with E-state index < -0.39 is 0 Å². The maximum Gasteiger partial charge on any atom is 0.147 e. The van der Waals surface area contributed by atoms with Crippen molar-refractivity contribution >= 4 is 12.4 Å². The van der Waals surface area contributed by atoms with Crippen molar-refractivity contribution in [3.8, 4) is 0 Å². The van der Waals surface area contributed by atoms with E-state index in [-0.39, 0.29) is 12.4 Å². The third kappa shape index (κ3) is 3.32. The third-order valence-corrected chi connectivity index (χ3v) is 4.29. The van der Waals surface area contributed by atoms with E-state index in [1.54, 1.807) is 0 Å². The molecule has 1 unspecified atom stereocenters. The Kier molecular flexibility index (Phi) is 5.41. The molecule has 0 bridgehead atoms. The molecular formula is C14H26ClN5. The molecule has 2 aliphatic heterocycles. The summed E-state index contributed by atoms with van der Waals surface area (Å²) in [5.74, 6) is 3.58. The average molecular weight is 300 g/mol. The third-order valence-electron chi connectivity index (χ3n) is 4.29. The van der Waals surface area contributed by atoms with Crippen molar-refractivity contribution < 1.29 is 0 Å². The smallest absolute Gasteiger partial charge is 0.147 e. The molecular weight excluding hydrogens is 274 g/mol. The Bertz CT molecular complexity index is 425. The Morgan fingerprint density at radius 2 is 2.15 bits per heavy atom. The molecule has 0 spiro atoms. The topological polar surface area (TPSA) is 46.0 Å². The lowest BCUT2D eigenvalue weighted by Gasteiger charge is -2.32. The number of nitrogens with zero attached hydrogens (tertiary/aromatic N) is 4. The highest BCUT2D eigenvalue weighted by molar-refractivity contribution is 5.85. The lowest BCUT2D eigenvalue weighted by atomic mass is 9.99. The summed E-state index contributed by atoms with van der Waals surface area (Å²) < 4.78 is 2.32. The molecule has 2 aliphatic rings. The zero-order valence-electron chi connectivity index (χ0n) is 12.5. The number of aromatic nitrogens is 3. The first-order chi connectivity index (χ1) is 9.24. The minimum absolute atomic E-state index is 0. The van der Waals surface area contributed by atoms with E-state index >= 15 is 0 Å². The number of nitrogens with one attached hydrogen (secondary N) is 1. The van der Waals surface area contributed by atoms with Crippen molar-refractivity contribution in [3.05, 3.63) is 11.6 Å². The SMILES string of the molecule is CC(C)c1nnc2n1CCN(CC1CCCNC1)C2.Cl. The number of hydrogen-bond donors (Lipinski definition) is 1. The van der Waals surface area contributed by atoms with Crippen LogP contribution in [-0.2, 0) is 13.1 Å². The summed E-state index contributed by atoms with van der Waals surface area (Å²) in [5, 5.41) is 12.2. The molecule has 1 aromatic rings. The fourth-order valence-electron chi connectivity index (χ4n) is 3.26. The monoisotopic (exact) mass is 299 g/mol. The summed E-state index contributed by atoms with van der Waals surface area (Å²) in [5.41, 5.74) is 0. The number of halogens is 1. The lowest BCUT2D eigenvalue weighted by molar-refractivity contribution is 0.169. The van der Waals surface area contributed by atoms with Gasteiger partial charge in [0.1, 0.15) is 11.6 Å². The predicted octanol–water partition coefficient (Wildman–Crippen LogP) is 1.64. The molecule has 0 saturated carbocycles. The minimum Gasteiger partial charge on any atom is -0.316 e. The van der Waals surface area contributed by atoms with Gasteiger partial charge >= 0.3 is 0 Å². The van der Waals surface area contributed by atoms with Crippen molar-refractivity contribution in [2.75, 3.05) is 26.2 Å². The Labute approximate surface area is 127 Å². The van der Waals surface area contributed by atoms with Crippen LogP contribution in [0.2, 0.25) is 0 Å². The van der Waals surface area contributed by atoms with Gasteiger partial charge in [-0.05, 0) is 31.8 Å². The summed E-state index contributed by atoms with van der Waals surface area (Å²) in [7, 11) is 0. The van der Waals surface area contributed by atoms with Crippen LogP contribution in [0.15, 0.2) is 0 Å². The molecule has 0 aliphatic carbocycles. The quantitative estimate of drug-likeness (QED) is 0.922. The highest BCUT2D eigenvalue weighted by Crippen LogP contribution is 2.20. The summed E-state index contributed by atoms with van der Waals surface area (Å²) >= 11 is 0. The Morgan fingerprint density at radius 1 is 1.30 bits per heavy atom. The van der Waals surface area contributed by atoms with Gasteiger partial charge in [-0.2, -0.15) is 0 Å². The molecule has 0 amide bonds. The van der Waals surface area contributed by atoms with Gasteiger partial charge in [-0.15, -0.1) is 22.6 Å². The molecule has 5 nitrogen and oxygen atoms in total. The van der Waals surface area contributed by atoms with Crippen molar-refractivity contribution in [3.63, 3.8) is 0 Å². The normalized spacial score (nSPS) is 23.4. The van der Waals surface area contributed by atoms with E-state index in [2.05, 4.69) is 38.8 Å². The van der Waals surface area contributed by atoms with Gasteiger partial charge in [-0.3, -0.25) is 4.90 Å². The first kappa shape index (κ1) is 15.7. The Morgan fingerprint density at radius 3 is 2.85 bits per heavy atom. The molecule has 0 radical (unpaired) electrons. The highest BCUT2D eigenvalue weighted by atomic mass is 35.5. The van der Waals surface area contributed by atoms with Crippen LogP contribution in [-0.4, -0.2) is 45.8 Å². The van der Waals surface area contributed by atoms with E-state index in [0.29, 0.717) is 5.92 Å². The Balaban J connectivity index is 0.00000147. The second-order valence-corrected chi connectivity index (χ2v) is 6.23. The maximum atomic E-state index is 4.38. The largest absolute Gasteiger partial charge is 0.316 e. The van der Waals surface area contributed by atoms with E-state index in [4.69, 9.17) is 0 Å². The van der Waals surface area contributed by atoms with E-state index in [1.807, 2.05) is 0 Å². The number of fused-ring (bicyclic) bond motifs is 1. The predicted molar refractivity (Wildman–Crippen MR) is 82.2 cm³/mol. The maximum absolute atomic E-state index is 4.38. The Hall–Kier alpha value is -0.650. The standard InChI is InChI=1S/C14H25N5.ClH/c1-11(2)14-17-16-13-10-18(6-7-19(13)14)9-12-4-3-5-15-8-12;/h11-12,15H,3-10H2,1-2H3;1H. The molecule has 1 atom stereocenters. The summed E-state index contributed by atoms with van der Waals surface area (Å²) in [4.78, 5) is 2.55. The summed E-state index contributed by atoms with van der Waals surface area (Å²) in [6.45, 7) is 11.1. The zero-order valence-corrected chi connectivity index (χ0v) is 13.3. The minimum atomic E-state index is 0. The van der Waals surface area contributed by atoms with E-state index in [0.717, 1.165) is 37.2 Å². The molecule has 1 N–H and O–H groups in total. The molecule has 1 saturated heterocycles. The van der Waals surface area contributed by atoms with Crippen LogP contribution in [0.1, 0.15) is 44.3 Å². The zero-order chi connectivity index (χ0) is 13.2. The molecule has 1 aromatic heterocycles. The van der Waals surface area contributed by atoms with Gasteiger partial charge < -0.3 is 9.88 Å². The molecule has 20 heavy (non-hydrogen) atoms. The van der Waals surface area contributed by atoms with Crippen LogP contribution < -0.4 is 5.32 Å². The first-order valence-corrected chi connectivity index (χ1v) is 7.59. The lowest BCUT2D eigenvalue weighted by Crippen LogP contribution is -2.41. The molecule has 0 aromatic carbocycles. The number of rotatable bonds is 3. The van der Waals surface area contributed by atoms with Gasteiger partial charge in [0.05, 0.1) is 6.54 Å². The van der Waals surface area contributed by atoms with Gasteiger partial charge in [0.2, 0.25) is 0 Å². The van der Waals surface area contributed by atoms with Crippen LogP contribution in [0.5, 0.6) is 0 Å². The molecule has 3 rings (SSSR count). The van der Waals surface area contributed by atoms with Crippen molar-refractivity contribution in [2.45, 2.75) is 45.7 Å². The van der Waals surface area contributed by atoms with Gasteiger partial charge in [-0.25, -0.2) is 0 Å². The number of hydrogen-bond acceptors (Lipinski definition) is 4. The fraction of sp³-hybridized carbons (Fsp3) is 0.857. The highest BCUT2D eigenvalue weighted by Gasteiger charge is 2.24. The van der Waals surface area contributed by atoms with Crippen molar-refractivity contribution in [1.82, 2.24) is 25.0 Å². The molecule has 114 valence electrons. The fourth-order valence-corrected chi connectivity index (χ4v) is 3.26. The van der Waals surface area contributed by atoms with Crippen LogP contribution in [0, 0.1) is 5.92 Å². The van der Waals surface area contributed by atoms with Crippen molar-refractivity contribution in [2.24, 2.45) is 5.92 Å². The summed E-state index contributed by atoms with van der Waals surface area (Å²) in [6.07, 6.45) is 2.69. The van der Waals surface area contributed by atoms with Crippen LogP contribution >= 0.6 is 12.4 Å². The van der Waals surface area contributed by atoms with Gasteiger partial charge in [0.15, 0.2) is 0 Å².